The molecule has 1 aliphatic heterocycles. The quantitative estimate of drug-likeness (QED) is 0.743. The zero-order chi connectivity index (χ0) is 15.5. The number of hydrogen-bond donors (Lipinski definition) is 0. The van der Waals surface area contributed by atoms with Gasteiger partial charge in [0.15, 0.2) is 0 Å². The van der Waals surface area contributed by atoms with E-state index in [9.17, 15) is 14.4 Å². The second-order valence-corrected chi connectivity index (χ2v) is 6.59. The van der Waals surface area contributed by atoms with E-state index in [1.165, 1.54) is 13.8 Å². The van der Waals surface area contributed by atoms with E-state index in [0.29, 0.717) is 19.5 Å². The summed E-state index contributed by atoms with van der Waals surface area (Å²) in [4.78, 5) is 36.5. The molecule has 1 aliphatic rings. The van der Waals surface area contributed by atoms with Crippen LogP contribution in [0, 0.1) is 11.8 Å². The fraction of sp³-hybridized carbons (Fsp3) is 0.800. The molecule has 5 nitrogen and oxygen atoms in total. The first-order chi connectivity index (χ1) is 9.10. The van der Waals surface area contributed by atoms with E-state index < -0.39 is 11.5 Å². The molecular weight excluding hydrogens is 258 g/mol. The Morgan fingerprint density at radius 1 is 1.20 bits per heavy atom. The lowest BCUT2D eigenvalue weighted by molar-refractivity contribution is -0.131. The fourth-order valence-electron chi connectivity index (χ4n) is 2.47. The van der Waals surface area contributed by atoms with E-state index in [4.69, 9.17) is 4.74 Å². The zero-order valence-corrected chi connectivity index (χ0v) is 13.1. The van der Waals surface area contributed by atoms with E-state index in [2.05, 4.69) is 0 Å². The Morgan fingerprint density at radius 2 is 1.75 bits per heavy atom. The molecule has 0 aromatic rings. The van der Waals surface area contributed by atoms with Crippen molar-refractivity contribution in [3.63, 3.8) is 0 Å². The maximum Gasteiger partial charge on any atom is 0.410 e. The van der Waals surface area contributed by atoms with E-state index in [0.717, 1.165) is 6.42 Å². The number of carbonyl (C=O) groups excluding carboxylic acids is 3. The molecule has 1 heterocycles. The predicted molar refractivity (Wildman–Crippen MR) is 75.4 cm³/mol. The van der Waals surface area contributed by atoms with Crippen LogP contribution in [0.5, 0.6) is 0 Å². The topological polar surface area (TPSA) is 63.7 Å². The highest BCUT2D eigenvalue weighted by Crippen LogP contribution is 2.25. The molecule has 0 radical (unpaired) electrons. The number of ether oxygens (including phenoxy) is 1. The summed E-state index contributed by atoms with van der Waals surface area (Å²) in [5.74, 6) is -0.514. The molecule has 0 aliphatic carbocycles. The van der Waals surface area contributed by atoms with Crippen molar-refractivity contribution in [1.29, 1.82) is 0 Å². The van der Waals surface area contributed by atoms with Gasteiger partial charge in [0.2, 0.25) is 0 Å². The first-order valence-corrected chi connectivity index (χ1v) is 7.09. The van der Waals surface area contributed by atoms with Gasteiger partial charge >= 0.3 is 6.09 Å². The number of Topliss-reactive ketones (excluding diaryl/α,β-unsaturated/α-hetero) is 2. The first kappa shape index (κ1) is 16.7. The highest BCUT2D eigenvalue weighted by atomic mass is 16.6. The van der Waals surface area contributed by atoms with Crippen molar-refractivity contribution in [3.8, 4) is 0 Å². The average Bonchev–Trinajstić information content (AvgIpc) is 2.71. The van der Waals surface area contributed by atoms with Gasteiger partial charge in [0, 0.05) is 13.1 Å². The Balaban J connectivity index is 2.53. The molecule has 1 fully saturated rings. The average molecular weight is 283 g/mol. The number of ketones is 2. The van der Waals surface area contributed by atoms with Gasteiger partial charge in [-0.15, -0.1) is 0 Å². The van der Waals surface area contributed by atoms with Crippen molar-refractivity contribution in [1.82, 2.24) is 4.90 Å². The molecule has 1 atom stereocenters. The van der Waals surface area contributed by atoms with Gasteiger partial charge in [-0.25, -0.2) is 4.79 Å². The smallest absolute Gasteiger partial charge is 0.410 e. The number of carbonyl (C=O) groups is 3. The third-order valence-electron chi connectivity index (χ3n) is 3.49. The Kier molecular flexibility index (Phi) is 5.31. The monoisotopic (exact) mass is 283 g/mol. The van der Waals surface area contributed by atoms with Crippen LogP contribution in [0.25, 0.3) is 0 Å². The van der Waals surface area contributed by atoms with Crippen LogP contribution < -0.4 is 0 Å². The summed E-state index contributed by atoms with van der Waals surface area (Å²) in [6.07, 6.45) is 1.03. The molecule has 0 N–H and O–H groups in total. The number of rotatable bonds is 4. The molecule has 0 saturated carbocycles. The van der Waals surface area contributed by atoms with Crippen molar-refractivity contribution in [2.75, 3.05) is 13.1 Å². The standard InChI is InChI=1S/C15H25NO4/c1-10(17)13(11(2)18)8-12-6-7-16(9-12)14(19)20-15(3,4)5/h12-13H,6-9H2,1-5H3. The van der Waals surface area contributed by atoms with Gasteiger partial charge in [-0.1, -0.05) is 0 Å². The molecule has 1 saturated heterocycles. The Morgan fingerprint density at radius 3 is 2.20 bits per heavy atom. The number of likely N-dealkylation sites (tertiary alicyclic amines) is 1. The summed E-state index contributed by atoms with van der Waals surface area (Å²) >= 11 is 0. The van der Waals surface area contributed by atoms with Crippen LogP contribution in [0.15, 0.2) is 0 Å². The summed E-state index contributed by atoms with van der Waals surface area (Å²) in [7, 11) is 0. The lowest BCUT2D eigenvalue weighted by Crippen LogP contribution is -2.35. The van der Waals surface area contributed by atoms with E-state index in [1.807, 2.05) is 20.8 Å². The van der Waals surface area contributed by atoms with Crippen molar-refractivity contribution in [2.45, 2.75) is 53.1 Å². The van der Waals surface area contributed by atoms with Crippen LogP contribution in [-0.2, 0) is 14.3 Å². The molecule has 114 valence electrons. The van der Waals surface area contributed by atoms with E-state index in [1.54, 1.807) is 4.90 Å². The number of hydrogen-bond acceptors (Lipinski definition) is 4. The second kappa shape index (κ2) is 6.37. The van der Waals surface area contributed by atoms with Gasteiger partial charge < -0.3 is 9.64 Å². The maximum atomic E-state index is 11.9. The Labute approximate surface area is 120 Å². The van der Waals surface area contributed by atoms with Crippen LogP contribution in [0.2, 0.25) is 0 Å². The first-order valence-electron chi connectivity index (χ1n) is 7.09. The van der Waals surface area contributed by atoms with Crippen LogP contribution in [0.4, 0.5) is 4.79 Å². The van der Waals surface area contributed by atoms with Crippen LogP contribution in [0.3, 0.4) is 0 Å². The van der Waals surface area contributed by atoms with Gasteiger partial charge in [0.05, 0.1) is 5.92 Å². The summed E-state index contributed by atoms with van der Waals surface area (Å²) in [5, 5.41) is 0. The third-order valence-corrected chi connectivity index (χ3v) is 3.49. The zero-order valence-electron chi connectivity index (χ0n) is 13.1. The second-order valence-electron chi connectivity index (χ2n) is 6.59. The SMILES string of the molecule is CC(=O)C(CC1CCN(C(=O)OC(C)(C)C)C1)C(C)=O. The van der Waals surface area contributed by atoms with Crippen molar-refractivity contribution in [3.05, 3.63) is 0 Å². The van der Waals surface area contributed by atoms with Crippen molar-refractivity contribution >= 4 is 17.7 Å². The normalized spacial score (nSPS) is 19.3. The fourth-order valence-corrected chi connectivity index (χ4v) is 2.47. The minimum atomic E-state index is -0.529. The van der Waals surface area contributed by atoms with E-state index in [-0.39, 0.29) is 23.6 Å². The number of amides is 1. The van der Waals surface area contributed by atoms with Crippen LogP contribution in [0.1, 0.15) is 47.5 Å². The molecule has 0 bridgehead atoms. The highest BCUT2D eigenvalue weighted by Gasteiger charge is 2.33. The lowest BCUT2D eigenvalue weighted by atomic mass is 9.88. The number of nitrogens with zero attached hydrogens (tertiary/aromatic N) is 1. The van der Waals surface area contributed by atoms with Gasteiger partial charge in [-0.3, -0.25) is 9.59 Å². The molecule has 0 spiro atoms. The largest absolute Gasteiger partial charge is 0.444 e. The summed E-state index contributed by atoms with van der Waals surface area (Å²) in [5.41, 5.74) is -0.503. The Bertz CT molecular complexity index is 383. The molecule has 5 heteroatoms. The van der Waals surface area contributed by atoms with Gasteiger partial charge in [0.1, 0.15) is 17.2 Å². The predicted octanol–water partition coefficient (Wildman–Crippen LogP) is 2.43. The van der Waals surface area contributed by atoms with Crippen molar-refractivity contribution < 1.29 is 19.1 Å². The Hall–Kier alpha value is -1.39. The molecule has 20 heavy (non-hydrogen) atoms. The minimum absolute atomic E-state index is 0.0896. The third kappa shape index (κ3) is 4.94. The van der Waals surface area contributed by atoms with E-state index >= 15 is 0 Å². The molecular formula is C15H25NO4. The molecule has 1 amide bonds. The molecule has 0 aromatic heterocycles. The summed E-state index contributed by atoms with van der Waals surface area (Å²) in [6, 6.07) is 0. The van der Waals surface area contributed by atoms with Gasteiger partial charge in [-0.2, -0.15) is 0 Å². The summed E-state index contributed by atoms with van der Waals surface area (Å²) in [6.45, 7) is 9.59. The highest BCUT2D eigenvalue weighted by molar-refractivity contribution is 6.00. The molecule has 1 rings (SSSR count). The van der Waals surface area contributed by atoms with Gasteiger partial charge in [-0.05, 0) is 53.4 Å². The van der Waals surface area contributed by atoms with Gasteiger partial charge in [0.25, 0.3) is 0 Å². The lowest BCUT2D eigenvalue weighted by Gasteiger charge is -2.24. The van der Waals surface area contributed by atoms with Crippen LogP contribution >= 0.6 is 0 Å². The van der Waals surface area contributed by atoms with Crippen molar-refractivity contribution in [2.24, 2.45) is 11.8 Å². The maximum absolute atomic E-state index is 11.9. The molecule has 1 unspecified atom stereocenters. The minimum Gasteiger partial charge on any atom is -0.444 e. The van der Waals surface area contributed by atoms with Crippen LogP contribution in [-0.4, -0.2) is 41.3 Å². The summed E-state index contributed by atoms with van der Waals surface area (Å²) < 4.78 is 5.32. The molecule has 0 aromatic carbocycles.